The Hall–Kier alpha value is -2.18. The molecule has 2 atom stereocenters. The standard InChI is InChI=1S/C16H15N3O2S/c17-22(20,21)12-6-4-11(5-7-12)13-9-14(13)15-10-18-19-8-2-1-3-16(15)19/h1-8,10,13-14H,9H2,(H2,17,20,21). The van der Waals surface area contributed by atoms with Crippen molar-refractivity contribution in [1.82, 2.24) is 9.61 Å². The highest BCUT2D eigenvalue weighted by Gasteiger charge is 2.41. The Kier molecular flexibility index (Phi) is 2.85. The average molecular weight is 313 g/mol. The third-order valence-electron chi connectivity index (χ3n) is 4.28. The van der Waals surface area contributed by atoms with Crippen LogP contribution in [0.4, 0.5) is 0 Å². The molecule has 5 nitrogen and oxygen atoms in total. The third kappa shape index (κ3) is 2.20. The molecule has 0 saturated heterocycles. The largest absolute Gasteiger partial charge is 0.241 e. The van der Waals surface area contributed by atoms with Crippen LogP contribution < -0.4 is 5.14 Å². The summed E-state index contributed by atoms with van der Waals surface area (Å²) in [6.45, 7) is 0. The topological polar surface area (TPSA) is 77.5 Å². The number of sulfonamides is 1. The molecule has 3 aromatic rings. The minimum absolute atomic E-state index is 0.157. The van der Waals surface area contributed by atoms with E-state index < -0.39 is 10.0 Å². The van der Waals surface area contributed by atoms with Gasteiger partial charge in [0.25, 0.3) is 0 Å². The molecule has 22 heavy (non-hydrogen) atoms. The van der Waals surface area contributed by atoms with Crippen LogP contribution in [0.15, 0.2) is 59.8 Å². The van der Waals surface area contributed by atoms with Gasteiger partial charge in [-0.3, -0.25) is 0 Å². The molecule has 1 saturated carbocycles. The van der Waals surface area contributed by atoms with Gasteiger partial charge in [-0.25, -0.2) is 18.1 Å². The number of aromatic nitrogens is 2. The van der Waals surface area contributed by atoms with Gasteiger partial charge in [0, 0.05) is 11.8 Å². The lowest BCUT2D eigenvalue weighted by Crippen LogP contribution is -2.11. The van der Waals surface area contributed by atoms with E-state index in [0.29, 0.717) is 11.8 Å². The van der Waals surface area contributed by atoms with E-state index in [1.165, 1.54) is 5.56 Å². The molecular formula is C16H15N3O2S. The highest BCUT2D eigenvalue weighted by Crippen LogP contribution is 2.55. The second-order valence-electron chi connectivity index (χ2n) is 5.69. The van der Waals surface area contributed by atoms with E-state index in [9.17, 15) is 8.42 Å². The fourth-order valence-electron chi connectivity index (χ4n) is 3.05. The molecule has 6 heteroatoms. The Morgan fingerprint density at radius 2 is 1.86 bits per heavy atom. The molecule has 112 valence electrons. The molecule has 1 aromatic carbocycles. The number of fused-ring (bicyclic) bond motifs is 1. The maximum absolute atomic E-state index is 11.3. The van der Waals surface area contributed by atoms with Crippen LogP contribution in [0.5, 0.6) is 0 Å². The lowest BCUT2D eigenvalue weighted by atomic mass is 10.1. The summed E-state index contributed by atoms with van der Waals surface area (Å²) >= 11 is 0. The number of benzene rings is 1. The number of rotatable bonds is 3. The summed E-state index contributed by atoms with van der Waals surface area (Å²) in [6, 6.07) is 12.9. The number of hydrogen-bond donors (Lipinski definition) is 1. The summed E-state index contributed by atoms with van der Waals surface area (Å²) in [5.41, 5.74) is 3.53. The van der Waals surface area contributed by atoms with Crippen molar-refractivity contribution in [2.75, 3.05) is 0 Å². The Labute approximate surface area is 128 Å². The zero-order valence-corrected chi connectivity index (χ0v) is 12.6. The van der Waals surface area contributed by atoms with E-state index in [-0.39, 0.29) is 4.90 Å². The Morgan fingerprint density at radius 1 is 1.09 bits per heavy atom. The first kappa shape index (κ1) is 13.5. The van der Waals surface area contributed by atoms with Crippen molar-refractivity contribution in [2.45, 2.75) is 23.2 Å². The quantitative estimate of drug-likeness (QED) is 0.805. The summed E-state index contributed by atoms with van der Waals surface area (Å²) in [5.74, 6) is 0.864. The van der Waals surface area contributed by atoms with E-state index >= 15 is 0 Å². The number of hydrogen-bond acceptors (Lipinski definition) is 3. The monoisotopic (exact) mass is 313 g/mol. The van der Waals surface area contributed by atoms with Crippen molar-refractivity contribution >= 4 is 15.5 Å². The molecule has 0 aliphatic heterocycles. The van der Waals surface area contributed by atoms with Gasteiger partial charge in [-0.15, -0.1) is 0 Å². The number of pyridine rings is 1. The van der Waals surface area contributed by atoms with Gasteiger partial charge in [0.15, 0.2) is 0 Å². The second-order valence-corrected chi connectivity index (χ2v) is 7.25. The average Bonchev–Trinajstić information content (AvgIpc) is 3.18. The summed E-state index contributed by atoms with van der Waals surface area (Å²) in [7, 11) is -3.62. The van der Waals surface area contributed by atoms with Gasteiger partial charge in [0.05, 0.1) is 16.6 Å². The van der Waals surface area contributed by atoms with Crippen LogP contribution in [0.2, 0.25) is 0 Å². The van der Waals surface area contributed by atoms with E-state index in [0.717, 1.165) is 17.5 Å². The molecule has 0 radical (unpaired) electrons. The molecule has 0 spiro atoms. The van der Waals surface area contributed by atoms with Crippen LogP contribution in [0.1, 0.15) is 29.4 Å². The highest BCUT2D eigenvalue weighted by atomic mass is 32.2. The Morgan fingerprint density at radius 3 is 2.59 bits per heavy atom. The smallest absolute Gasteiger partial charge is 0.238 e. The van der Waals surface area contributed by atoms with E-state index in [2.05, 4.69) is 11.2 Å². The zero-order valence-electron chi connectivity index (χ0n) is 11.8. The molecule has 4 rings (SSSR count). The van der Waals surface area contributed by atoms with Crippen molar-refractivity contribution in [3.05, 3.63) is 66.0 Å². The fourth-order valence-corrected chi connectivity index (χ4v) is 3.57. The van der Waals surface area contributed by atoms with Gasteiger partial charge in [-0.05, 0) is 48.1 Å². The van der Waals surface area contributed by atoms with Crippen LogP contribution in [-0.2, 0) is 10.0 Å². The van der Waals surface area contributed by atoms with E-state index in [1.807, 2.05) is 41.2 Å². The minimum Gasteiger partial charge on any atom is -0.241 e. The zero-order chi connectivity index (χ0) is 15.3. The minimum atomic E-state index is -3.62. The molecule has 0 amide bonds. The van der Waals surface area contributed by atoms with Crippen molar-refractivity contribution in [3.63, 3.8) is 0 Å². The Bertz CT molecular complexity index is 945. The predicted molar refractivity (Wildman–Crippen MR) is 83.1 cm³/mol. The Balaban J connectivity index is 1.62. The lowest BCUT2D eigenvalue weighted by molar-refractivity contribution is 0.598. The van der Waals surface area contributed by atoms with Gasteiger partial charge in [0.2, 0.25) is 10.0 Å². The highest BCUT2D eigenvalue weighted by molar-refractivity contribution is 7.89. The molecule has 0 bridgehead atoms. The molecule has 2 heterocycles. The van der Waals surface area contributed by atoms with Crippen LogP contribution >= 0.6 is 0 Å². The van der Waals surface area contributed by atoms with Crippen LogP contribution in [-0.4, -0.2) is 18.0 Å². The van der Waals surface area contributed by atoms with Gasteiger partial charge in [0.1, 0.15) is 0 Å². The van der Waals surface area contributed by atoms with Crippen LogP contribution in [0.3, 0.4) is 0 Å². The number of nitrogens with zero attached hydrogens (tertiary/aromatic N) is 2. The summed E-state index contributed by atoms with van der Waals surface area (Å²) in [5, 5.41) is 9.50. The number of primary sulfonamides is 1. The molecule has 2 unspecified atom stereocenters. The summed E-state index contributed by atoms with van der Waals surface area (Å²) in [6.07, 6.45) is 4.93. The molecule has 1 aliphatic rings. The van der Waals surface area contributed by atoms with Crippen LogP contribution in [0.25, 0.3) is 5.52 Å². The van der Waals surface area contributed by atoms with Crippen molar-refractivity contribution in [3.8, 4) is 0 Å². The second kappa shape index (κ2) is 4.66. The first-order valence-electron chi connectivity index (χ1n) is 7.09. The first-order valence-corrected chi connectivity index (χ1v) is 8.64. The first-order chi connectivity index (χ1) is 10.5. The molecule has 1 aliphatic carbocycles. The van der Waals surface area contributed by atoms with E-state index in [1.54, 1.807) is 12.1 Å². The molecular weight excluding hydrogens is 298 g/mol. The predicted octanol–water partition coefficient (Wildman–Crippen LogP) is 2.25. The molecule has 2 N–H and O–H groups in total. The maximum atomic E-state index is 11.3. The third-order valence-corrected chi connectivity index (χ3v) is 5.21. The van der Waals surface area contributed by atoms with Crippen molar-refractivity contribution in [1.29, 1.82) is 0 Å². The normalized spacial score (nSPS) is 21.1. The van der Waals surface area contributed by atoms with Gasteiger partial charge >= 0.3 is 0 Å². The summed E-state index contributed by atoms with van der Waals surface area (Å²) in [4.78, 5) is 0.157. The van der Waals surface area contributed by atoms with E-state index in [4.69, 9.17) is 5.14 Å². The lowest BCUT2D eigenvalue weighted by Gasteiger charge is -2.02. The van der Waals surface area contributed by atoms with Crippen molar-refractivity contribution in [2.24, 2.45) is 5.14 Å². The number of nitrogens with two attached hydrogens (primary N) is 1. The van der Waals surface area contributed by atoms with Gasteiger partial charge in [-0.2, -0.15) is 5.10 Å². The molecule has 1 fully saturated rings. The maximum Gasteiger partial charge on any atom is 0.238 e. The molecule has 2 aromatic heterocycles. The summed E-state index contributed by atoms with van der Waals surface area (Å²) < 4.78 is 24.5. The van der Waals surface area contributed by atoms with Crippen LogP contribution in [0, 0.1) is 0 Å². The van der Waals surface area contributed by atoms with Gasteiger partial charge in [-0.1, -0.05) is 18.2 Å². The SMILES string of the molecule is NS(=O)(=O)c1ccc(C2CC2c2cnn3ccccc23)cc1. The van der Waals surface area contributed by atoms with Crippen molar-refractivity contribution < 1.29 is 8.42 Å². The fraction of sp³-hybridized carbons (Fsp3) is 0.188. The van der Waals surface area contributed by atoms with Gasteiger partial charge < -0.3 is 0 Å².